The second-order valence-corrected chi connectivity index (χ2v) is 7.86. The second-order valence-electron chi connectivity index (χ2n) is 6.73. The molecule has 0 unspecified atom stereocenters. The highest BCUT2D eigenvalue weighted by molar-refractivity contribution is 7.14. The number of para-hydroxylation sites is 1. The Morgan fingerprint density at radius 2 is 2.08 bits per heavy atom. The summed E-state index contributed by atoms with van der Waals surface area (Å²) in [7, 11) is 5.15. The Balaban J connectivity index is 1.63. The summed E-state index contributed by atoms with van der Waals surface area (Å²) in [5.41, 5.74) is 2.11. The van der Waals surface area contributed by atoms with Crippen LogP contribution in [0.1, 0.15) is 32.1 Å². The van der Waals surface area contributed by atoms with Crippen LogP contribution in [0.4, 0.5) is 0 Å². The van der Waals surface area contributed by atoms with E-state index in [1.807, 2.05) is 30.3 Å². The normalized spacial score (nSPS) is 15.9. The fourth-order valence-corrected chi connectivity index (χ4v) is 4.48. The number of hydrogen-bond acceptors (Lipinski definition) is 4. The van der Waals surface area contributed by atoms with E-state index >= 15 is 0 Å². The van der Waals surface area contributed by atoms with Gasteiger partial charge in [0, 0.05) is 37.0 Å². The minimum atomic E-state index is -0.0471. The molecule has 0 radical (unpaired) electrons. The van der Waals surface area contributed by atoms with Gasteiger partial charge in [0.15, 0.2) is 0 Å². The maximum atomic E-state index is 12.6. The molecule has 1 aliphatic rings. The lowest BCUT2D eigenvalue weighted by Crippen LogP contribution is -2.33. The summed E-state index contributed by atoms with van der Waals surface area (Å²) in [6.45, 7) is 0.459. The fraction of sp³-hybridized carbons (Fsp3) is 0.400. The van der Waals surface area contributed by atoms with Crippen molar-refractivity contribution in [2.24, 2.45) is 5.92 Å². The van der Waals surface area contributed by atoms with Crippen LogP contribution < -0.4 is 10.1 Å². The molecule has 0 bridgehead atoms. The van der Waals surface area contributed by atoms with Crippen molar-refractivity contribution in [2.45, 2.75) is 25.8 Å². The van der Waals surface area contributed by atoms with Crippen LogP contribution in [0.25, 0.3) is 0 Å². The topological polar surface area (TPSA) is 58.6 Å². The Kier molecular flexibility index (Phi) is 5.61. The van der Waals surface area contributed by atoms with Crippen LogP contribution in [0, 0.1) is 5.92 Å². The molecule has 0 spiro atoms. The number of carbonyl (C=O) groups is 2. The van der Waals surface area contributed by atoms with E-state index < -0.39 is 0 Å². The number of nitrogens with one attached hydrogen (secondary N) is 1. The highest BCUT2D eigenvalue weighted by Crippen LogP contribution is 2.33. The lowest BCUT2D eigenvalue weighted by molar-refractivity contribution is -0.125. The van der Waals surface area contributed by atoms with E-state index in [4.69, 9.17) is 4.74 Å². The van der Waals surface area contributed by atoms with Gasteiger partial charge in [0.25, 0.3) is 5.91 Å². The van der Waals surface area contributed by atoms with Crippen molar-refractivity contribution in [3.63, 3.8) is 0 Å². The van der Waals surface area contributed by atoms with Gasteiger partial charge in [-0.25, -0.2) is 0 Å². The van der Waals surface area contributed by atoms with Crippen LogP contribution in [0.15, 0.2) is 30.3 Å². The second kappa shape index (κ2) is 7.91. The van der Waals surface area contributed by atoms with Gasteiger partial charge in [-0.1, -0.05) is 18.2 Å². The molecule has 138 valence electrons. The number of amides is 2. The van der Waals surface area contributed by atoms with Gasteiger partial charge in [-0.05, 0) is 37.0 Å². The Hall–Kier alpha value is -2.34. The predicted molar refractivity (Wildman–Crippen MR) is 103 cm³/mol. The van der Waals surface area contributed by atoms with Gasteiger partial charge in [0.05, 0.1) is 12.0 Å². The number of carbonyl (C=O) groups excluding carboxylic acids is 2. The van der Waals surface area contributed by atoms with E-state index in [1.165, 1.54) is 4.88 Å². The van der Waals surface area contributed by atoms with Crippen LogP contribution in [0.5, 0.6) is 5.75 Å². The highest BCUT2D eigenvalue weighted by Gasteiger charge is 2.27. The molecule has 1 aromatic carbocycles. The molecular weight excluding hydrogens is 348 g/mol. The van der Waals surface area contributed by atoms with E-state index in [2.05, 4.69) is 5.32 Å². The third kappa shape index (κ3) is 3.90. The standard InChI is InChI=1S/C20H24N2O3S/c1-22(2)20(24)18-11-15-10-13(8-9-17(15)26-18)19(23)21-12-14-6-4-5-7-16(14)25-3/h4-7,11,13H,8-10,12H2,1-3H3,(H,21,23)/t13-/m0/s1. The van der Waals surface area contributed by atoms with E-state index in [0.29, 0.717) is 13.0 Å². The van der Waals surface area contributed by atoms with Gasteiger partial charge in [0.2, 0.25) is 5.91 Å². The predicted octanol–water partition coefficient (Wildman–Crippen LogP) is 2.88. The van der Waals surface area contributed by atoms with Crippen molar-refractivity contribution >= 4 is 23.2 Å². The van der Waals surface area contributed by atoms with E-state index in [9.17, 15) is 9.59 Å². The molecule has 1 aliphatic carbocycles. The van der Waals surface area contributed by atoms with E-state index in [-0.39, 0.29) is 17.7 Å². The van der Waals surface area contributed by atoms with Crippen LogP contribution in [0.2, 0.25) is 0 Å². The van der Waals surface area contributed by atoms with Crippen molar-refractivity contribution in [3.05, 3.63) is 51.2 Å². The van der Waals surface area contributed by atoms with Crippen molar-refractivity contribution in [1.29, 1.82) is 0 Å². The lowest BCUT2D eigenvalue weighted by atomic mass is 9.87. The van der Waals surface area contributed by atoms with E-state index in [0.717, 1.165) is 34.6 Å². The number of ether oxygens (including phenoxy) is 1. The number of methoxy groups -OCH3 is 1. The number of aryl methyl sites for hydroxylation is 1. The molecular formula is C20H24N2O3S. The van der Waals surface area contributed by atoms with Gasteiger partial charge in [0.1, 0.15) is 5.75 Å². The van der Waals surface area contributed by atoms with E-state index in [1.54, 1.807) is 37.4 Å². The summed E-state index contributed by atoms with van der Waals surface area (Å²) in [4.78, 5) is 28.3. The maximum Gasteiger partial charge on any atom is 0.263 e. The molecule has 0 aliphatic heterocycles. The summed E-state index contributed by atoms with van der Waals surface area (Å²) in [6, 6.07) is 9.66. The van der Waals surface area contributed by atoms with Crippen molar-refractivity contribution in [2.75, 3.05) is 21.2 Å². The molecule has 1 atom stereocenters. The first-order valence-electron chi connectivity index (χ1n) is 8.72. The Morgan fingerprint density at radius 3 is 2.81 bits per heavy atom. The SMILES string of the molecule is COc1ccccc1CNC(=O)[C@H]1CCc2sc(C(=O)N(C)C)cc2C1. The largest absolute Gasteiger partial charge is 0.496 e. The van der Waals surface area contributed by atoms with Gasteiger partial charge in [-0.3, -0.25) is 9.59 Å². The zero-order valence-corrected chi connectivity index (χ0v) is 16.2. The first-order valence-corrected chi connectivity index (χ1v) is 9.54. The molecule has 3 rings (SSSR count). The summed E-state index contributed by atoms with van der Waals surface area (Å²) >= 11 is 1.56. The van der Waals surface area contributed by atoms with Crippen molar-refractivity contribution in [3.8, 4) is 5.75 Å². The minimum absolute atomic E-state index is 0.0292. The number of thiophene rings is 1. The molecule has 0 fully saturated rings. The molecule has 1 N–H and O–H groups in total. The minimum Gasteiger partial charge on any atom is -0.496 e. The molecule has 1 aromatic heterocycles. The van der Waals surface area contributed by atoms with Crippen molar-refractivity contribution < 1.29 is 14.3 Å². The molecule has 5 nitrogen and oxygen atoms in total. The van der Waals surface area contributed by atoms with Gasteiger partial charge < -0.3 is 15.0 Å². The summed E-state index contributed by atoms with van der Waals surface area (Å²) in [6.07, 6.45) is 2.37. The molecule has 6 heteroatoms. The van der Waals surface area contributed by atoms with Crippen LogP contribution in [-0.2, 0) is 24.2 Å². The van der Waals surface area contributed by atoms with Crippen LogP contribution in [-0.4, -0.2) is 37.9 Å². The zero-order chi connectivity index (χ0) is 18.7. The number of benzene rings is 1. The van der Waals surface area contributed by atoms with Crippen LogP contribution in [0.3, 0.4) is 0 Å². The number of nitrogens with zero attached hydrogens (tertiary/aromatic N) is 1. The molecule has 0 saturated carbocycles. The summed E-state index contributed by atoms with van der Waals surface area (Å²) < 4.78 is 5.33. The number of hydrogen-bond donors (Lipinski definition) is 1. The number of fused-ring (bicyclic) bond motifs is 1. The molecule has 26 heavy (non-hydrogen) atoms. The molecule has 2 aromatic rings. The Labute approximate surface area is 158 Å². The molecule has 0 saturated heterocycles. The first-order chi connectivity index (χ1) is 12.5. The van der Waals surface area contributed by atoms with Crippen LogP contribution >= 0.6 is 11.3 Å². The first kappa shape index (κ1) is 18.5. The molecule has 2 amide bonds. The maximum absolute atomic E-state index is 12.6. The van der Waals surface area contributed by atoms with Gasteiger partial charge >= 0.3 is 0 Å². The van der Waals surface area contributed by atoms with Crippen molar-refractivity contribution in [1.82, 2.24) is 10.2 Å². The average molecular weight is 372 g/mol. The van der Waals surface area contributed by atoms with Gasteiger partial charge in [-0.2, -0.15) is 0 Å². The summed E-state index contributed by atoms with van der Waals surface area (Å²) in [5, 5.41) is 3.03. The quantitative estimate of drug-likeness (QED) is 0.878. The zero-order valence-electron chi connectivity index (χ0n) is 15.4. The van der Waals surface area contributed by atoms with Gasteiger partial charge in [-0.15, -0.1) is 11.3 Å². The fourth-order valence-electron chi connectivity index (χ4n) is 3.25. The monoisotopic (exact) mass is 372 g/mol. The lowest BCUT2D eigenvalue weighted by Gasteiger charge is -2.21. The average Bonchev–Trinajstić information content (AvgIpc) is 3.08. The smallest absolute Gasteiger partial charge is 0.263 e. The summed E-state index contributed by atoms with van der Waals surface area (Å²) in [5.74, 6) is 0.826. The Bertz CT molecular complexity index is 813. The number of rotatable bonds is 5. The highest BCUT2D eigenvalue weighted by atomic mass is 32.1. The Morgan fingerprint density at radius 1 is 1.31 bits per heavy atom. The third-order valence-corrected chi connectivity index (χ3v) is 5.94. The third-order valence-electron chi connectivity index (χ3n) is 4.72. The molecule has 1 heterocycles.